The summed E-state index contributed by atoms with van der Waals surface area (Å²) in [6.45, 7) is 0. The molecule has 0 aliphatic carbocycles. The molecule has 0 radical (unpaired) electrons. The number of thiocarbonyl (C=S) groups is 1. The maximum absolute atomic E-state index is 12.5. The number of non-ortho nitro benzene ring substituents is 1. The molecule has 10 heteroatoms. The minimum Gasteiger partial charge on any atom is -0.267 e. The van der Waals surface area contributed by atoms with Gasteiger partial charge in [-0.1, -0.05) is 29.4 Å². The molecule has 1 fully saturated rings. The maximum Gasteiger partial charge on any atom is 0.285 e. The fourth-order valence-electron chi connectivity index (χ4n) is 2.20. The summed E-state index contributed by atoms with van der Waals surface area (Å²) in [4.78, 5) is 35.3. The molecular formula is C17H10ClN3O4S2. The second-order valence-electron chi connectivity index (χ2n) is 5.32. The number of carbonyl (C=O) groups is 2. The van der Waals surface area contributed by atoms with Gasteiger partial charge in [0.1, 0.15) is 0 Å². The van der Waals surface area contributed by atoms with Gasteiger partial charge in [-0.05, 0) is 54.2 Å². The lowest BCUT2D eigenvalue weighted by atomic mass is 10.2. The summed E-state index contributed by atoms with van der Waals surface area (Å²) in [5.74, 6) is -1.01. The average molecular weight is 420 g/mol. The van der Waals surface area contributed by atoms with Crippen molar-refractivity contribution in [2.75, 3.05) is 0 Å². The van der Waals surface area contributed by atoms with E-state index in [1.54, 1.807) is 24.3 Å². The number of nitrogens with zero attached hydrogens (tertiary/aromatic N) is 2. The van der Waals surface area contributed by atoms with Crippen LogP contribution in [-0.4, -0.2) is 26.1 Å². The number of halogens is 1. The Hall–Kier alpha value is -2.75. The van der Waals surface area contributed by atoms with E-state index in [2.05, 4.69) is 5.43 Å². The Bertz CT molecular complexity index is 992. The number of benzene rings is 2. The molecule has 2 amide bonds. The number of hydrazine groups is 1. The van der Waals surface area contributed by atoms with Gasteiger partial charge in [0.2, 0.25) is 0 Å². The van der Waals surface area contributed by atoms with E-state index in [-0.39, 0.29) is 15.6 Å². The summed E-state index contributed by atoms with van der Waals surface area (Å²) in [6.07, 6.45) is 1.55. The molecule has 0 saturated carbocycles. The Morgan fingerprint density at radius 1 is 1.26 bits per heavy atom. The van der Waals surface area contributed by atoms with E-state index in [0.717, 1.165) is 16.8 Å². The van der Waals surface area contributed by atoms with Gasteiger partial charge in [0.15, 0.2) is 4.32 Å². The highest BCUT2D eigenvalue weighted by atomic mass is 35.5. The van der Waals surface area contributed by atoms with Crippen molar-refractivity contribution in [1.29, 1.82) is 0 Å². The molecule has 1 aliphatic heterocycles. The van der Waals surface area contributed by atoms with Gasteiger partial charge in [0, 0.05) is 22.7 Å². The zero-order chi connectivity index (χ0) is 19.6. The summed E-state index contributed by atoms with van der Waals surface area (Å²) in [6, 6.07) is 12.0. The quantitative estimate of drug-likeness (QED) is 0.351. The molecule has 1 aliphatic rings. The standard InChI is InChI=1S/C17H10ClN3O4S2/c18-12-3-1-2-11(9-12)15(22)19-20-16(23)14(27-17(20)26)8-10-4-6-13(7-5-10)21(24)25/h1-9H,(H,19,22)/b14-8-. The number of nitrogens with one attached hydrogen (secondary N) is 1. The molecule has 136 valence electrons. The number of hydrogen-bond donors (Lipinski definition) is 1. The van der Waals surface area contributed by atoms with Crippen LogP contribution in [0.5, 0.6) is 0 Å². The van der Waals surface area contributed by atoms with Crippen LogP contribution in [0.15, 0.2) is 53.4 Å². The van der Waals surface area contributed by atoms with Crippen molar-refractivity contribution in [3.8, 4) is 0 Å². The molecule has 0 bridgehead atoms. The lowest BCUT2D eigenvalue weighted by molar-refractivity contribution is -0.384. The van der Waals surface area contributed by atoms with Crippen LogP contribution in [0, 0.1) is 10.1 Å². The minimum atomic E-state index is -0.523. The number of nitro groups is 1. The molecule has 0 aromatic heterocycles. The van der Waals surface area contributed by atoms with Gasteiger partial charge in [-0.25, -0.2) is 0 Å². The third kappa shape index (κ3) is 4.33. The molecule has 7 nitrogen and oxygen atoms in total. The van der Waals surface area contributed by atoms with Crippen LogP contribution < -0.4 is 5.43 Å². The molecule has 1 N–H and O–H groups in total. The highest BCUT2D eigenvalue weighted by Gasteiger charge is 2.33. The van der Waals surface area contributed by atoms with E-state index in [0.29, 0.717) is 15.5 Å². The van der Waals surface area contributed by atoms with Crippen molar-refractivity contribution in [3.05, 3.63) is 79.7 Å². The van der Waals surface area contributed by atoms with Crippen LogP contribution >= 0.6 is 35.6 Å². The van der Waals surface area contributed by atoms with Crippen molar-refractivity contribution < 1.29 is 14.5 Å². The summed E-state index contributed by atoms with van der Waals surface area (Å²) in [7, 11) is 0. The van der Waals surface area contributed by atoms with E-state index in [9.17, 15) is 19.7 Å². The maximum atomic E-state index is 12.5. The minimum absolute atomic E-state index is 0.0477. The summed E-state index contributed by atoms with van der Waals surface area (Å²) >= 11 is 12.0. The molecule has 3 rings (SSSR count). The predicted molar refractivity (Wildman–Crippen MR) is 107 cm³/mol. The van der Waals surface area contributed by atoms with Crippen LogP contribution in [0.2, 0.25) is 5.02 Å². The monoisotopic (exact) mass is 419 g/mol. The molecule has 0 atom stereocenters. The zero-order valence-corrected chi connectivity index (χ0v) is 15.8. The van der Waals surface area contributed by atoms with Gasteiger partial charge in [0.25, 0.3) is 17.5 Å². The summed E-state index contributed by atoms with van der Waals surface area (Å²) < 4.78 is 0.170. The van der Waals surface area contributed by atoms with Crippen molar-refractivity contribution >= 4 is 63.5 Å². The number of amides is 2. The Kier molecular flexibility index (Phi) is 5.54. The Balaban J connectivity index is 1.76. The van der Waals surface area contributed by atoms with E-state index in [4.69, 9.17) is 23.8 Å². The first-order valence-electron chi connectivity index (χ1n) is 7.44. The van der Waals surface area contributed by atoms with Crippen LogP contribution in [-0.2, 0) is 4.79 Å². The summed E-state index contributed by atoms with van der Waals surface area (Å²) in [5.41, 5.74) is 3.30. The van der Waals surface area contributed by atoms with Crippen LogP contribution in [0.3, 0.4) is 0 Å². The molecular weight excluding hydrogens is 410 g/mol. The zero-order valence-electron chi connectivity index (χ0n) is 13.4. The van der Waals surface area contributed by atoms with E-state index < -0.39 is 16.7 Å². The number of hydrogen-bond acceptors (Lipinski definition) is 6. The highest BCUT2D eigenvalue weighted by Crippen LogP contribution is 2.31. The van der Waals surface area contributed by atoms with Gasteiger partial charge in [-0.15, -0.1) is 0 Å². The van der Waals surface area contributed by atoms with Gasteiger partial charge in [-0.2, -0.15) is 5.01 Å². The van der Waals surface area contributed by atoms with E-state index in [1.165, 1.54) is 30.3 Å². The predicted octanol–water partition coefficient (Wildman–Crippen LogP) is 3.79. The van der Waals surface area contributed by atoms with Crippen molar-refractivity contribution in [2.24, 2.45) is 0 Å². The third-order valence-electron chi connectivity index (χ3n) is 3.50. The molecule has 1 saturated heterocycles. The number of carbonyl (C=O) groups excluding carboxylic acids is 2. The molecule has 2 aromatic carbocycles. The van der Waals surface area contributed by atoms with E-state index >= 15 is 0 Å². The topological polar surface area (TPSA) is 92.6 Å². The first-order chi connectivity index (χ1) is 12.8. The Morgan fingerprint density at radius 3 is 2.59 bits per heavy atom. The Morgan fingerprint density at radius 2 is 1.96 bits per heavy atom. The fourth-order valence-corrected chi connectivity index (χ4v) is 3.57. The largest absolute Gasteiger partial charge is 0.285 e. The molecule has 2 aromatic rings. The molecule has 27 heavy (non-hydrogen) atoms. The SMILES string of the molecule is O=C(NN1C(=O)/C(=C/c2ccc([N+](=O)[O-])cc2)SC1=S)c1cccc(Cl)c1. The van der Waals surface area contributed by atoms with Crippen LogP contribution in [0.4, 0.5) is 5.69 Å². The van der Waals surface area contributed by atoms with Crippen molar-refractivity contribution in [2.45, 2.75) is 0 Å². The normalized spacial score (nSPS) is 15.3. The van der Waals surface area contributed by atoms with Gasteiger partial charge in [0.05, 0.1) is 9.83 Å². The van der Waals surface area contributed by atoms with Crippen LogP contribution in [0.1, 0.15) is 15.9 Å². The van der Waals surface area contributed by atoms with E-state index in [1.807, 2.05) is 0 Å². The smallest absolute Gasteiger partial charge is 0.267 e. The van der Waals surface area contributed by atoms with Gasteiger partial charge >= 0.3 is 0 Å². The summed E-state index contributed by atoms with van der Waals surface area (Å²) in [5, 5.41) is 12.1. The number of rotatable bonds is 4. The fraction of sp³-hybridized carbons (Fsp3) is 0. The average Bonchev–Trinajstić information content (AvgIpc) is 2.89. The first kappa shape index (κ1) is 19.0. The Labute approximate surface area is 168 Å². The second-order valence-corrected chi connectivity index (χ2v) is 7.43. The van der Waals surface area contributed by atoms with Crippen molar-refractivity contribution in [3.63, 3.8) is 0 Å². The van der Waals surface area contributed by atoms with Gasteiger partial charge in [-0.3, -0.25) is 25.1 Å². The van der Waals surface area contributed by atoms with Gasteiger partial charge < -0.3 is 0 Å². The number of nitro benzene ring substituents is 1. The molecule has 1 heterocycles. The lowest BCUT2D eigenvalue weighted by Crippen LogP contribution is -2.44. The second kappa shape index (κ2) is 7.87. The third-order valence-corrected chi connectivity index (χ3v) is 5.03. The van der Waals surface area contributed by atoms with Crippen LogP contribution in [0.25, 0.3) is 6.08 Å². The lowest BCUT2D eigenvalue weighted by Gasteiger charge is -2.15. The van der Waals surface area contributed by atoms with Crippen molar-refractivity contribution in [1.82, 2.24) is 10.4 Å². The number of thioether (sulfide) groups is 1. The molecule has 0 spiro atoms. The first-order valence-corrected chi connectivity index (χ1v) is 9.04. The molecule has 0 unspecified atom stereocenters. The highest BCUT2D eigenvalue weighted by molar-refractivity contribution is 8.26.